The molecule has 1 aromatic heterocycles. The van der Waals surface area contributed by atoms with Crippen LogP contribution in [0.5, 0.6) is 0 Å². The summed E-state index contributed by atoms with van der Waals surface area (Å²) in [5.74, 6) is -3.15. The number of hydrogen-bond donors (Lipinski definition) is 1. The standard InChI is InChI=1S/C15H16F3N3O3/c1-8-5-10(20-12(19-8)15(16,17)18)11(22)21-6-9-3-2-4-14(9,7-21)13(23)24/h5,9H,2-4,6-7H2,1H3,(H,23,24)/t9-,14+/m0/s1. The van der Waals surface area contributed by atoms with Gasteiger partial charge in [-0.1, -0.05) is 6.42 Å². The minimum atomic E-state index is -4.75. The van der Waals surface area contributed by atoms with E-state index in [2.05, 4.69) is 9.97 Å². The first kappa shape index (κ1) is 16.7. The molecule has 1 aliphatic heterocycles. The molecule has 1 saturated carbocycles. The van der Waals surface area contributed by atoms with Gasteiger partial charge in [0, 0.05) is 18.8 Å². The number of carboxylic acid groups (broad SMARTS) is 1. The number of carboxylic acids is 1. The predicted molar refractivity (Wildman–Crippen MR) is 75.1 cm³/mol. The maximum absolute atomic E-state index is 12.8. The van der Waals surface area contributed by atoms with Crippen LogP contribution in [0.2, 0.25) is 0 Å². The molecule has 1 aromatic rings. The Labute approximate surface area is 135 Å². The van der Waals surface area contributed by atoms with Crippen molar-refractivity contribution in [3.63, 3.8) is 0 Å². The van der Waals surface area contributed by atoms with Crippen LogP contribution in [0.3, 0.4) is 0 Å². The Kier molecular flexibility index (Phi) is 3.76. The number of halogens is 3. The highest BCUT2D eigenvalue weighted by Crippen LogP contribution is 2.49. The Bertz CT molecular complexity index is 707. The van der Waals surface area contributed by atoms with Crippen molar-refractivity contribution in [3.05, 3.63) is 23.3 Å². The molecule has 2 fully saturated rings. The normalized spacial score (nSPS) is 26.5. The second-order valence-corrected chi connectivity index (χ2v) is 6.45. The summed E-state index contributed by atoms with van der Waals surface area (Å²) in [6.45, 7) is 1.59. The van der Waals surface area contributed by atoms with Gasteiger partial charge in [0.25, 0.3) is 5.91 Å². The molecule has 1 amide bonds. The molecule has 2 aliphatic rings. The molecule has 6 nitrogen and oxygen atoms in total. The van der Waals surface area contributed by atoms with Crippen molar-refractivity contribution < 1.29 is 27.9 Å². The molecule has 0 aromatic carbocycles. The molecule has 2 atom stereocenters. The molecule has 1 saturated heterocycles. The molecule has 0 spiro atoms. The molecule has 1 N–H and O–H groups in total. The Morgan fingerprint density at radius 1 is 1.38 bits per heavy atom. The summed E-state index contributed by atoms with van der Waals surface area (Å²) in [7, 11) is 0. The highest BCUT2D eigenvalue weighted by Gasteiger charge is 2.56. The van der Waals surface area contributed by atoms with E-state index in [-0.39, 0.29) is 30.4 Å². The van der Waals surface area contributed by atoms with Crippen molar-refractivity contribution in [2.75, 3.05) is 13.1 Å². The number of amides is 1. The van der Waals surface area contributed by atoms with Gasteiger partial charge in [0.1, 0.15) is 5.69 Å². The molecule has 1 aliphatic carbocycles. The van der Waals surface area contributed by atoms with Crippen molar-refractivity contribution in [1.29, 1.82) is 0 Å². The average Bonchev–Trinajstić information content (AvgIpc) is 3.02. The van der Waals surface area contributed by atoms with Crippen LogP contribution in [-0.4, -0.2) is 44.9 Å². The molecule has 3 rings (SSSR count). The molecule has 0 bridgehead atoms. The molecule has 24 heavy (non-hydrogen) atoms. The SMILES string of the molecule is Cc1cc(C(=O)N2C[C@@H]3CCC[C@@]3(C(=O)O)C2)nc(C(F)(F)F)n1. The lowest BCUT2D eigenvalue weighted by Crippen LogP contribution is -2.37. The number of alkyl halides is 3. The van der Waals surface area contributed by atoms with Crippen LogP contribution >= 0.6 is 0 Å². The van der Waals surface area contributed by atoms with Gasteiger partial charge in [0.2, 0.25) is 5.82 Å². The molecule has 2 heterocycles. The van der Waals surface area contributed by atoms with E-state index >= 15 is 0 Å². The predicted octanol–water partition coefficient (Wildman–Crippen LogP) is 2.13. The second kappa shape index (κ2) is 5.42. The summed E-state index contributed by atoms with van der Waals surface area (Å²) in [5.41, 5.74) is -1.30. The van der Waals surface area contributed by atoms with Crippen LogP contribution in [0.15, 0.2) is 6.07 Å². The zero-order valence-electron chi connectivity index (χ0n) is 12.9. The topological polar surface area (TPSA) is 83.4 Å². The van der Waals surface area contributed by atoms with Crippen molar-refractivity contribution in [1.82, 2.24) is 14.9 Å². The molecule has 0 radical (unpaired) electrons. The lowest BCUT2D eigenvalue weighted by molar-refractivity contribution is -0.149. The van der Waals surface area contributed by atoms with Crippen LogP contribution in [0, 0.1) is 18.3 Å². The Balaban J connectivity index is 1.89. The van der Waals surface area contributed by atoms with Crippen molar-refractivity contribution in [2.24, 2.45) is 11.3 Å². The van der Waals surface area contributed by atoms with E-state index < -0.39 is 29.3 Å². The van der Waals surface area contributed by atoms with E-state index in [0.29, 0.717) is 12.8 Å². The fourth-order valence-electron chi connectivity index (χ4n) is 3.76. The van der Waals surface area contributed by atoms with Crippen molar-refractivity contribution in [2.45, 2.75) is 32.4 Å². The number of fused-ring (bicyclic) bond motifs is 1. The number of aryl methyl sites for hydroxylation is 1. The van der Waals surface area contributed by atoms with E-state index in [9.17, 15) is 27.9 Å². The van der Waals surface area contributed by atoms with Crippen LogP contribution in [-0.2, 0) is 11.0 Å². The molecular weight excluding hydrogens is 327 g/mol. The summed E-state index contributed by atoms with van der Waals surface area (Å²) in [6, 6.07) is 1.19. The lowest BCUT2D eigenvalue weighted by atomic mass is 9.81. The maximum Gasteiger partial charge on any atom is 0.451 e. The van der Waals surface area contributed by atoms with Crippen LogP contribution in [0.25, 0.3) is 0 Å². The Morgan fingerprint density at radius 3 is 2.67 bits per heavy atom. The number of carbonyl (C=O) groups is 2. The number of rotatable bonds is 2. The van der Waals surface area contributed by atoms with Crippen LogP contribution in [0.1, 0.15) is 41.3 Å². The maximum atomic E-state index is 12.8. The van der Waals surface area contributed by atoms with Crippen molar-refractivity contribution >= 4 is 11.9 Å². The van der Waals surface area contributed by atoms with E-state index in [1.165, 1.54) is 17.9 Å². The number of aliphatic carboxylic acids is 1. The third-order valence-corrected chi connectivity index (χ3v) is 4.91. The monoisotopic (exact) mass is 343 g/mol. The molecular formula is C15H16F3N3O3. The fraction of sp³-hybridized carbons (Fsp3) is 0.600. The average molecular weight is 343 g/mol. The van der Waals surface area contributed by atoms with Gasteiger partial charge in [-0.15, -0.1) is 0 Å². The van der Waals surface area contributed by atoms with E-state index in [4.69, 9.17) is 0 Å². The van der Waals surface area contributed by atoms with Gasteiger partial charge in [-0.25, -0.2) is 9.97 Å². The van der Waals surface area contributed by atoms with Crippen LogP contribution < -0.4 is 0 Å². The lowest BCUT2D eigenvalue weighted by Gasteiger charge is -2.23. The van der Waals surface area contributed by atoms with E-state index in [1.54, 1.807) is 0 Å². The summed E-state index contributed by atoms with van der Waals surface area (Å²) < 4.78 is 38.4. The van der Waals surface area contributed by atoms with Crippen LogP contribution in [0.4, 0.5) is 13.2 Å². The third kappa shape index (κ3) is 2.61. The molecule has 9 heteroatoms. The third-order valence-electron chi connectivity index (χ3n) is 4.91. The van der Waals surface area contributed by atoms with Gasteiger partial charge < -0.3 is 10.0 Å². The summed E-state index contributed by atoms with van der Waals surface area (Å²) in [4.78, 5) is 32.1. The smallest absolute Gasteiger partial charge is 0.451 e. The van der Waals surface area contributed by atoms with Gasteiger partial charge in [0.15, 0.2) is 0 Å². The number of hydrogen-bond acceptors (Lipinski definition) is 4. The van der Waals surface area contributed by atoms with Crippen molar-refractivity contribution in [3.8, 4) is 0 Å². The van der Waals surface area contributed by atoms with Gasteiger partial charge in [-0.05, 0) is 31.7 Å². The molecule has 0 unspecified atom stereocenters. The van der Waals surface area contributed by atoms with Gasteiger partial charge in [0.05, 0.1) is 5.41 Å². The number of aromatic nitrogens is 2. The zero-order chi connectivity index (χ0) is 17.7. The number of nitrogens with zero attached hydrogens (tertiary/aromatic N) is 3. The second-order valence-electron chi connectivity index (χ2n) is 6.45. The Hall–Kier alpha value is -2.19. The first-order chi connectivity index (χ1) is 11.1. The minimum Gasteiger partial charge on any atom is -0.481 e. The van der Waals surface area contributed by atoms with Gasteiger partial charge in [-0.3, -0.25) is 9.59 Å². The first-order valence-corrected chi connectivity index (χ1v) is 7.59. The summed E-state index contributed by atoms with van der Waals surface area (Å²) >= 11 is 0. The quantitative estimate of drug-likeness (QED) is 0.889. The van der Waals surface area contributed by atoms with E-state index in [1.807, 2.05) is 0 Å². The Morgan fingerprint density at radius 2 is 2.08 bits per heavy atom. The minimum absolute atomic E-state index is 0.0102. The van der Waals surface area contributed by atoms with Gasteiger partial charge in [-0.2, -0.15) is 13.2 Å². The largest absolute Gasteiger partial charge is 0.481 e. The summed E-state index contributed by atoms with van der Waals surface area (Å²) in [5, 5.41) is 9.53. The highest BCUT2D eigenvalue weighted by molar-refractivity contribution is 5.93. The summed E-state index contributed by atoms with van der Waals surface area (Å²) in [6.07, 6.45) is -2.78. The fourth-order valence-corrected chi connectivity index (χ4v) is 3.76. The number of likely N-dealkylation sites (tertiary alicyclic amines) is 1. The van der Waals surface area contributed by atoms with E-state index in [0.717, 1.165) is 6.42 Å². The van der Waals surface area contributed by atoms with Gasteiger partial charge >= 0.3 is 12.1 Å². The first-order valence-electron chi connectivity index (χ1n) is 7.59. The zero-order valence-corrected chi connectivity index (χ0v) is 12.9. The highest BCUT2D eigenvalue weighted by atomic mass is 19.4. The molecule has 130 valence electrons. The number of carbonyl (C=O) groups excluding carboxylic acids is 1.